The molecule has 0 spiro atoms. The minimum Gasteiger partial charge on any atom is -0.325 e. The molecule has 0 aromatic carbocycles. The maximum atomic E-state index is 12.6. The lowest BCUT2D eigenvalue weighted by molar-refractivity contribution is -0.141. The average Bonchev–Trinajstić information content (AvgIpc) is 3.03. The highest BCUT2D eigenvalue weighted by Crippen LogP contribution is 2.19. The Morgan fingerprint density at radius 3 is 2.75 bits per heavy atom. The van der Waals surface area contributed by atoms with E-state index in [2.05, 4.69) is 25.9 Å². The fourth-order valence-electron chi connectivity index (χ4n) is 2.50. The Morgan fingerprint density at radius 2 is 2.00 bits per heavy atom. The summed E-state index contributed by atoms with van der Waals surface area (Å²) in [4.78, 5) is 10.4. The van der Waals surface area contributed by atoms with Crippen molar-refractivity contribution in [3.05, 3.63) is 52.9 Å². The van der Waals surface area contributed by atoms with Crippen molar-refractivity contribution in [2.24, 2.45) is 0 Å². The van der Waals surface area contributed by atoms with Crippen molar-refractivity contribution in [1.29, 1.82) is 0 Å². The van der Waals surface area contributed by atoms with E-state index in [0.717, 1.165) is 20.4 Å². The Hall–Kier alpha value is -1.87. The first kappa shape index (κ1) is 17.0. The summed E-state index contributed by atoms with van der Waals surface area (Å²) in [5, 5.41) is 0. The molecule has 3 rings (SSSR count). The number of halogens is 4. The van der Waals surface area contributed by atoms with Crippen molar-refractivity contribution >= 4 is 21.6 Å². The molecule has 0 aliphatic heterocycles. The average molecular weight is 402 g/mol. The van der Waals surface area contributed by atoms with Gasteiger partial charge in [-0.15, -0.1) is 0 Å². The SMILES string of the molecule is CN(Cc1cn2cc(Br)ccc2n1)Cc1nccn1CC(F)(F)F. The third-order valence-electron chi connectivity index (χ3n) is 3.46. The van der Waals surface area contributed by atoms with Crippen LogP contribution in [0.25, 0.3) is 5.65 Å². The van der Waals surface area contributed by atoms with Gasteiger partial charge in [-0.2, -0.15) is 13.2 Å². The van der Waals surface area contributed by atoms with E-state index in [9.17, 15) is 13.2 Å². The van der Waals surface area contributed by atoms with Crippen molar-refractivity contribution in [2.75, 3.05) is 7.05 Å². The van der Waals surface area contributed by atoms with Crippen LogP contribution in [-0.2, 0) is 19.6 Å². The summed E-state index contributed by atoms with van der Waals surface area (Å²) in [6.45, 7) is -0.211. The zero-order chi connectivity index (χ0) is 17.3. The fraction of sp³-hybridized carbons (Fsp3) is 0.333. The van der Waals surface area contributed by atoms with Crippen LogP contribution in [-0.4, -0.2) is 37.1 Å². The fourth-order valence-corrected chi connectivity index (χ4v) is 2.85. The minimum absolute atomic E-state index is 0.306. The van der Waals surface area contributed by atoms with Crippen LogP contribution in [0.5, 0.6) is 0 Å². The summed E-state index contributed by atoms with van der Waals surface area (Å²) < 4.78 is 41.6. The number of hydrogen-bond donors (Lipinski definition) is 0. The number of fused-ring (bicyclic) bond motifs is 1. The molecule has 0 saturated carbocycles. The van der Waals surface area contributed by atoms with Gasteiger partial charge in [-0.3, -0.25) is 4.90 Å². The molecule has 0 bridgehead atoms. The second kappa shape index (κ2) is 6.56. The summed E-state index contributed by atoms with van der Waals surface area (Å²) in [6.07, 6.45) is 2.28. The maximum Gasteiger partial charge on any atom is 0.406 e. The van der Waals surface area contributed by atoms with Crippen molar-refractivity contribution in [1.82, 2.24) is 23.8 Å². The summed E-state index contributed by atoms with van der Waals surface area (Å²) >= 11 is 3.40. The summed E-state index contributed by atoms with van der Waals surface area (Å²) in [5.41, 5.74) is 1.66. The highest BCUT2D eigenvalue weighted by atomic mass is 79.9. The number of pyridine rings is 1. The lowest BCUT2D eigenvalue weighted by Crippen LogP contribution is -2.24. The zero-order valence-corrected chi connectivity index (χ0v) is 14.4. The molecule has 0 amide bonds. The molecular formula is C15H15BrF3N5. The second-order valence-electron chi connectivity index (χ2n) is 5.60. The van der Waals surface area contributed by atoms with Crippen LogP contribution in [0.15, 0.2) is 41.4 Å². The van der Waals surface area contributed by atoms with Crippen LogP contribution in [0.4, 0.5) is 13.2 Å². The van der Waals surface area contributed by atoms with Crippen molar-refractivity contribution in [3.8, 4) is 0 Å². The largest absolute Gasteiger partial charge is 0.406 e. The number of imidazole rings is 2. The first-order chi connectivity index (χ1) is 11.3. The smallest absolute Gasteiger partial charge is 0.325 e. The molecule has 3 heterocycles. The zero-order valence-electron chi connectivity index (χ0n) is 12.8. The third-order valence-corrected chi connectivity index (χ3v) is 3.93. The highest BCUT2D eigenvalue weighted by molar-refractivity contribution is 9.10. The molecule has 3 aromatic rings. The minimum atomic E-state index is -4.26. The lowest BCUT2D eigenvalue weighted by atomic mass is 10.4. The normalized spacial score (nSPS) is 12.4. The monoisotopic (exact) mass is 401 g/mol. The van der Waals surface area contributed by atoms with Gasteiger partial charge in [-0.25, -0.2) is 9.97 Å². The predicted molar refractivity (Wildman–Crippen MR) is 86.3 cm³/mol. The molecule has 5 nitrogen and oxygen atoms in total. The van der Waals surface area contributed by atoms with Crippen LogP contribution in [0.2, 0.25) is 0 Å². The Balaban J connectivity index is 1.69. The number of alkyl halides is 3. The standard InChI is InChI=1S/C15H15BrF3N5/c1-22(9-14-20-4-5-23(14)10-15(17,18)19)7-12-8-24-6-11(16)2-3-13(24)21-12/h2-6,8H,7,9-10H2,1H3. The van der Waals surface area contributed by atoms with E-state index < -0.39 is 12.7 Å². The van der Waals surface area contributed by atoms with Gasteiger partial charge in [0.1, 0.15) is 18.0 Å². The van der Waals surface area contributed by atoms with Crippen LogP contribution in [0.1, 0.15) is 11.5 Å². The quantitative estimate of drug-likeness (QED) is 0.656. The van der Waals surface area contributed by atoms with Gasteiger partial charge in [0, 0.05) is 35.8 Å². The van der Waals surface area contributed by atoms with E-state index in [1.807, 2.05) is 40.9 Å². The predicted octanol–water partition coefficient (Wildman–Crippen LogP) is 3.49. The molecular weight excluding hydrogens is 387 g/mol. The van der Waals surface area contributed by atoms with E-state index >= 15 is 0 Å². The molecule has 0 N–H and O–H groups in total. The molecule has 128 valence electrons. The second-order valence-corrected chi connectivity index (χ2v) is 6.52. The van der Waals surface area contributed by atoms with Gasteiger partial charge in [0.2, 0.25) is 0 Å². The molecule has 0 unspecified atom stereocenters. The molecule has 24 heavy (non-hydrogen) atoms. The summed E-state index contributed by atoms with van der Waals surface area (Å²) in [5.74, 6) is 0.376. The van der Waals surface area contributed by atoms with E-state index in [1.165, 1.54) is 12.4 Å². The molecule has 9 heteroatoms. The number of aromatic nitrogens is 4. The number of rotatable bonds is 5. The third kappa shape index (κ3) is 4.15. The Labute approximate surface area is 144 Å². The number of nitrogens with zero attached hydrogens (tertiary/aromatic N) is 5. The molecule has 0 radical (unpaired) electrons. The van der Waals surface area contributed by atoms with Crippen LogP contribution in [0.3, 0.4) is 0 Å². The summed E-state index contributed by atoms with van der Waals surface area (Å²) in [6, 6.07) is 3.80. The van der Waals surface area contributed by atoms with E-state index in [4.69, 9.17) is 0 Å². The highest BCUT2D eigenvalue weighted by Gasteiger charge is 2.28. The van der Waals surface area contributed by atoms with Crippen LogP contribution in [0, 0.1) is 0 Å². The maximum absolute atomic E-state index is 12.6. The topological polar surface area (TPSA) is 38.4 Å². The van der Waals surface area contributed by atoms with Crippen molar-refractivity contribution < 1.29 is 13.2 Å². The Morgan fingerprint density at radius 1 is 1.21 bits per heavy atom. The van der Waals surface area contributed by atoms with Gasteiger partial charge in [-0.05, 0) is 35.1 Å². The van der Waals surface area contributed by atoms with Crippen LogP contribution >= 0.6 is 15.9 Å². The first-order valence-electron chi connectivity index (χ1n) is 7.18. The molecule has 0 aliphatic rings. The van der Waals surface area contributed by atoms with Gasteiger partial charge in [0.25, 0.3) is 0 Å². The van der Waals surface area contributed by atoms with Crippen molar-refractivity contribution in [3.63, 3.8) is 0 Å². The molecule has 0 atom stereocenters. The van der Waals surface area contributed by atoms with Gasteiger partial charge in [-0.1, -0.05) is 0 Å². The van der Waals surface area contributed by atoms with E-state index in [1.54, 1.807) is 0 Å². The van der Waals surface area contributed by atoms with Gasteiger partial charge in [0.05, 0.1) is 12.2 Å². The van der Waals surface area contributed by atoms with Gasteiger partial charge in [0.15, 0.2) is 0 Å². The molecule has 0 aliphatic carbocycles. The molecule has 3 aromatic heterocycles. The number of hydrogen-bond acceptors (Lipinski definition) is 3. The lowest BCUT2D eigenvalue weighted by Gasteiger charge is -2.16. The molecule has 0 saturated heterocycles. The Kier molecular flexibility index (Phi) is 4.64. The summed E-state index contributed by atoms with van der Waals surface area (Å²) in [7, 11) is 1.83. The van der Waals surface area contributed by atoms with Crippen LogP contribution < -0.4 is 0 Å². The van der Waals surface area contributed by atoms with Gasteiger partial charge >= 0.3 is 6.18 Å². The first-order valence-corrected chi connectivity index (χ1v) is 7.98. The van der Waals surface area contributed by atoms with Gasteiger partial charge < -0.3 is 8.97 Å². The molecule has 0 fully saturated rings. The van der Waals surface area contributed by atoms with E-state index in [0.29, 0.717) is 18.9 Å². The van der Waals surface area contributed by atoms with Crippen molar-refractivity contribution in [2.45, 2.75) is 25.8 Å². The van der Waals surface area contributed by atoms with E-state index in [-0.39, 0.29) is 0 Å². The Bertz CT molecular complexity index is 839.